The molecule has 2 amide bonds. The van der Waals surface area contributed by atoms with Gasteiger partial charge in [-0.05, 0) is 30.2 Å². The van der Waals surface area contributed by atoms with E-state index in [0.29, 0.717) is 5.56 Å². The van der Waals surface area contributed by atoms with E-state index in [-0.39, 0.29) is 11.8 Å². The average molecular weight is 249 g/mol. The number of anilines is 1. The Kier molecular flexibility index (Phi) is 4.71. The van der Waals surface area contributed by atoms with Crippen LogP contribution in [0.5, 0.6) is 0 Å². The minimum Gasteiger partial charge on any atom is -0.388 e. The van der Waals surface area contributed by atoms with Crippen molar-refractivity contribution in [1.82, 2.24) is 5.32 Å². The number of rotatable bonds is 5. The lowest BCUT2D eigenvalue weighted by Crippen LogP contribution is -2.47. The van der Waals surface area contributed by atoms with Crippen molar-refractivity contribution in [2.24, 2.45) is 11.7 Å². The Labute approximate surface area is 107 Å². The van der Waals surface area contributed by atoms with E-state index in [9.17, 15) is 9.59 Å². The van der Waals surface area contributed by atoms with Gasteiger partial charge >= 0.3 is 0 Å². The van der Waals surface area contributed by atoms with Gasteiger partial charge in [0, 0.05) is 18.3 Å². The normalized spacial score (nSPS) is 12.0. The number of carbonyl (C=O) groups is 2. The quantitative estimate of drug-likeness (QED) is 0.727. The lowest BCUT2D eigenvalue weighted by molar-refractivity contribution is -0.120. The number of benzene rings is 1. The molecule has 1 rings (SSSR count). The molecule has 0 saturated carbocycles. The van der Waals surface area contributed by atoms with Crippen LogP contribution >= 0.6 is 0 Å². The van der Waals surface area contributed by atoms with Crippen molar-refractivity contribution in [3.05, 3.63) is 29.8 Å². The predicted octanol–water partition coefficient (Wildman–Crippen LogP) is 0.968. The largest absolute Gasteiger partial charge is 0.388 e. The second-order valence-corrected chi connectivity index (χ2v) is 4.42. The summed E-state index contributed by atoms with van der Waals surface area (Å²) in [5, 5.41) is 5.60. The smallest absolute Gasteiger partial charge is 0.251 e. The highest BCUT2D eigenvalue weighted by atomic mass is 16.2. The third-order valence-corrected chi connectivity index (χ3v) is 2.70. The molecule has 0 radical (unpaired) electrons. The topological polar surface area (TPSA) is 84.2 Å². The number of primary amides is 1. The third kappa shape index (κ3) is 3.48. The van der Waals surface area contributed by atoms with Crippen LogP contribution in [0.4, 0.5) is 5.69 Å². The van der Waals surface area contributed by atoms with Crippen LogP contribution in [0.25, 0.3) is 0 Å². The molecule has 98 valence electrons. The summed E-state index contributed by atoms with van der Waals surface area (Å²) in [5.74, 6) is -0.858. The molecule has 0 fully saturated rings. The molecule has 1 unspecified atom stereocenters. The maximum atomic E-state index is 11.9. The van der Waals surface area contributed by atoms with E-state index in [1.807, 2.05) is 13.8 Å². The third-order valence-electron chi connectivity index (χ3n) is 2.70. The van der Waals surface area contributed by atoms with E-state index in [1.54, 1.807) is 31.3 Å². The summed E-state index contributed by atoms with van der Waals surface area (Å²) >= 11 is 0. The minimum absolute atomic E-state index is 0.0389. The highest BCUT2D eigenvalue weighted by molar-refractivity contribution is 5.97. The monoisotopic (exact) mass is 249 g/mol. The summed E-state index contributed by atoms with van der Waals surface area (Å²) in [4.78, 5) is 23.1. The molecule has 0 saturated heterocycles. The fourth-order valence-corrected chi connectivity index (χ4v) is 1.58. The molecule has 0 spiro atoms. The van der Waals surface area contributed by atoms with Gasteiger partial charge in [0.1, 0.15) is 6.04 Å². The van der Waals surface area contributed by atoms with Gasteiger partial charge in [-0.25, -0.2) is 0 Å². The maximum Gasteiger partial charge on any atom is 0.251 e. The second-order valence-electron chi connectivity index (χ2n) is 4.42. The molecule has 0 aliphatic heterocycles. The summed E-state index contributed by atoms with van der Waals surface area (Å²) in [6.45, 7) is 3.67. The van der Waals surface area contributed by atoms with Gasteiger partial charge < -0.3 is 16.4 Å². The van der Waals surface area contributed by atoms with Crippen LogP contribution in [0.3, 0.4) is 0 Å². The van der Waals surface area contributed by atoms with Crippen LogP contribution in [0.15, 0.2) is 24.3 Å². The molecule has 0 aliphatic carbocycles. The molecule has 5 heteroatoms. The molecule has 1 aromatic rings. The first-order chi connectivity index (χ1) is 8.45. The van der Waals surface area contributed by atoms with E-state index in [1.165, 1.54) is 0 Å². The Hall–Kier alpha value is -2.04. The maximum absolute atomic E-state index is 11.9. The van der Waals surface area contributed by atoms with Gasteiger partial charge in [0.25, 0.3) is 5.91 Å². The van der Waals surface area contributed by atoms with Gasteiger partial charge in [0.05, 0.1) is 0 Å². The second kappa shape index (κ2) is 6.05. The number of hydrogen-bond donors (Lipinski definition) is 3. The average Bonchev–Trinajstić information content (AvgIpc) is 2.35. The Balaban J connectivity index is 2.77. The predicted molar refractivity (Wildman–Crippen MR) is 71.3 cm³/mol. The molecule has 18 heavy (non-hydrogen) atoms. The first-order valence-corrected chi connectivity index (χ1v) is 5.83. The van der Waals surface area contributed by atoms with Crippen molar-refractivity contribution in [3.8, 4) is 0 Å². The van der Waals surface area contributed by atoms with E-state index in [2.05, 4.69) is 10.6 Å². The molecule has 0 aliphatic rings. The molecule has 0 aromatic heterocycles. The van der Waals surface area contributed by atoms with E-state index >= 15 is 0 Å². The van der Waals surface area contributed by atoms with Gasteiger partial charge in [0.2, 0.25) is 5.91 Å². The highest BCUT2D eigenvalue weighted by Crippen LogP contribution is 2.09. The van der Waals surface area contributed by atoms with Gasteiger partial charge in [-0.3, -0.25) is 9.59 Å². The van der Waals surface area contributed by atoms with E-state index < -0.39 is 11.9 Å². The number of amides is 2. The Morgan fingerprint density at radius 1 is 1.17 bits per heavy atom. The Morgan fingerprint density at radius 2 is 1.72 bits per heavy atom. The zero-order chi connectivity index (χ0) is 13.7. The molecule has 1 aromatic carbocycles. The summed E-state index contributed by atoms with van der Waals surface area (Å²) < 4.78 is 0. The van der Waals surface area contributed by atoms with Gasteiger partial charge in [-0.1, -0.05) is 13.8 Å². The van der Waals surface area contributed by atoms with Crippen LogP contribution in [0, 0.1) is 5.92 Å². The van der Waals surface area contributed by atoms with Crippen LogP contribution in [-0.2, 0) is 4.79 Å². The Bertz CT molecular complexity index is 426. The van der Waals surface area contributed by atoms with Crippen LogP contribution in [0.1, 0.15) is 24.2 Å². The molecule has 5 nitrogen and oxygen atoms in total. The molecule has 4 N–H and O–H groups in total. The SMILES string of the molecule is CNc1ccc(C(=O)NC(C(N)=O)C(C)C)cc1. The van der Waals surface area contributed by atoms with Gasteiger partial charge in [-0.2, -0.15) is 0 Å². The first-order valence-electron chi connectivity index (χ1n) is 5.83. The lowest BCUT2D eigenvalue weighted by Gasteiger charge is -2.18. The molecular formula is C13H19N3O2. The number of nitrogens with one attached hydrogen (secondary N) is 2. The van der Waals surface area contributed by atoms with E-state index in [4.69, 9.17) is 5.73 Å². The zero-order valence-electron chi connectivity index (χ0n) is 10.9. The summed E-state index contributed by atoms with van der Waals surface area (Å²) in [6.07, 6.45) is 0. The molecule has 0 bridgehead atoms. The Morgan fingerprint density at radius 3 is 2.11 bits per heavy atom. The van der Waals surface area contributed by atoms with Crippen molar-refractivity contribution in [2.75, 3.05) is 12.4 Å². The van der Waals surface area contributed by atoms with Crippen LogP contribution in [-0.4, -0.2) is 24.9 Å². The van der Waals surface area contributed by atoms with Crippen molar-refractivity contribution in [1.29, 1.82) is 0 Å². The summed E-state index contributed by atoms with van der Waals surface area (Å²) in [5.41, 5.74) is 6.67. The summed E-state index contributed by atoms with van der Waals surface area (Å²) in [6, 6.07) is 6.33. The van der Waals surface area contributed by atoms with Crippen molar-refractivity contribution >= 4 is 17.5 Å². The van der Waals surface area contributed by atoms with E-state index in [0.717, 1.165) is 5.69 Å². The molecular weight excluding hydrogens is 230 g/mol. The van der Waals surface area contributed by atoms with Crippen LogP contribution in [0.2, 0.25) is 0 Å². The molecule has 0 heterocycles. The molecule has 1 atom stereocenters. The summed E-state index contributed by atoms with van der Waals surface area (Å²) in [7, 11) is 1.80. The lowest BCUT2D eigenvalue weighted by atomic mass is 10.0. The number of nitrogens with two attached hydrogens (primary N) is 1. The zero-order valence-corrected chi connectivity index (χ0v) is 10.9. The standard InChI is InChI=1S/C13H19N3O2/c1-8(2)11(12(14)17)16-13(18)9-4-6-10(15-3)7-5-9/h4-8,11,15H,1-3H3,(H2,14,17)(H,16,18). The van der Waals surface area contributed by atoms with Crippen LogP contribution < -0.4 is 16.4 Å². The van der Waals surface area contributed by atoms with Crippen molar-refractivity contribution in [3.63, 3.8) is 0 Å². The van der Waals surface area contributed by atoms with Crippen molar-refractivity contribution < 1.29 is 9.59 Å². The number of carbonyl (C=O) groups excluding carboxylic acids is 2. The first kappa shape index (κ1) is 14.0. The number of hydrogen-bond acceptors (Lipinski definition) is 3. The van der Waals surface area contributed by atoms with Gasteiger partial charge in [-0.15, -0.1) is 0 Å². The van der Waals surface area contributed by atoms with Gasteiger partial charge in [0.15, 0.2) is 0 Å². The fourth-order valence-electron chi connectivity index (χ4n) is 1.58. The minimum atomic E-state index is -0.651. The highest BCUT2D eigenvalue weighted by Gasteiger charge is 2.21. The fraction of sp³-hybridized carbons (Fsp3) is 0.385. The van der Waals surface area contributed by atoms with Crippen molar-refractivity contribution in [2.45, 2.75) is 19.9 Å².